The molecule has 1 aromatic carbocycles. The highest BCUT2D eigenvalue weighted by Crippen LogP contribution is 2.38. The van der Waals surface area contributed by atoms with Crippen LogP contribution in [0.1, 0.15) is 11.1 Å². The first-order chi connectivity index (χ1) is 9.84. The zero-order valence-electron chi connectivity index (χ0n) is 10.4. The van der Waals surface area contributed by atoms with Crippen molar-refractivity contribution in [3.05, 3.63) is 51.6 Å². The zero-order chi connectivity index (χ0) is 15.6. The summed E-state index contributed by atoms with van der Waals surface area (Å²) in [6.45, 7) is 0. The van der Waals surface area contributed by atoms with Crippen molar-refractivity contribution < 1.29 is 13.2 Å². The van der Waals surface area contributed by atoms with Crippen molar-refractivity contribution in [1.29, 1.82) is 5.26 Å². The summed E-state index contributed by atoms with van der Waals surface area (Å²) >= 11 is 11.9. The van der Waals surface area contributed by atoms with Gasteiger partial charge in [-0.3, -0.25) is 4.98 Å². The van der Waals surface area contributed by atoms with Crippen molar-refractivity contribution in [2.24, 2.45) is 0 Å². The van der Waals surface area contributed by atoms with Gasteiger partial charge in [0.2, 0.25) is 0 Å². The number of aromatic nitrogens is 1. The van der Waals surface area contributed by atoms with E-state index >= 15 is 0 Å². The fourth-order valence-electron chi connectivity index (χ4n) is 1.93. The number of hydrogen-bond donors (Lipinski definition) is 0. The van der Waals surface area contributed by atoms with E-state index < -0.39 is 18.2 Å². The summed E-state index contributed by atoms with van der Waals surface area (Å²) in [4.78, 5) is 3.95. The first kappa shape index (κ1) is 15.6. The Morgan fingerprint density at radius 3 is 2.52 bits per heavy atom. The molecule has 108 valence electrons. The molecule has 2 aromatic rings. The lowest BCUT2D eigenvalue weighted by atomic mass is 9.98. The van der Waals surface area contributed by atoms with Gasteiger partial charge in [-0.25, -0.2) is 0 Å². The number of pyridine rings is 1. The predicted molar refractivity (Wildman–Crippen MR) is 74.0 cm³/mol. The first-order valence-electron chi connectivity index (χ1n) is 5.72. The molecule has 2 nitrogen and oxygen atoms in total. The lowest BCUT2D eigenvalue weighted by molar-refractivity contribution is -0.138. The summed E-state index contributed by atoms with van der Waals surface area (Å²) in [5.41, 5.74) is -0.832. The Morgan fingerprint density at radius 1 is 1.19 bits per heavy atom. The van der Waals surface area contributed by atoms with Crippen molar-refractivity contribution in [1.82, 2.24) is 4.98 Å². The monoisotopic (exact) mass is 330 g/mol. The van der Waals surface area contributed by atoms with Gasteiger partial charge in [0, 0.05) is 22.3 Å². The van der Waals surface area contributed by atoms with Crippen molar-refractivity contribution in [2.45, 2.75) is 12.6 Å². The second-order valence-electron chi connectivity index (χ2n) is 4.14. The van der Waals surface area contributed by atoms with Crippen molar-refractivity contribution in [2.75, 3.05) is 0 Å². The molecule has 0 spiro atoms. The first-order valence-corrected chi connectivity index (χ1v) is 6.47. The lowest BCUT2D eigenvalue weighted by Gasteiger charge is -2.15. The van der Waals surface area contributed by atoms with Crippen molar-refractivity contribution in [3.63, 3.8) is 0 Å². The number of nitrogens with zero attached hydrogens (tertiary/aromatic N) is 2. The van der Waals surface area contributed by atoms with Crippen molar-refractivity contribution >= 4 is 23.2 Å². The molecule has 0 N–H and O–H groups in total. The third-order valence-electron chi connectivity index (χ3n) is 2.80. The van der Waals surface area contributed by atoms with Crippen LogP contribution in [0.25, 0.3) is 11.3 Å². The second kappa shape index (κ2) is 5.92. The van der Waals surface area contributed by atoms with Crippen LogP contribution in [-0.4, -0.2) is 4.98 Å². The van der Waals surface area contributed by atoms with E-state index in [0.717, 1.165) is 12.3 Å². The number of rotatable bonds is 2. The minimum absolute atomic E-state index is 0.0128. The smallest absolute Gasteiger partial charge is 0.256 e. The molecule has 0 aliphatic heterocycles. The standard InChI is InChI=1S/C14H7Cl2F3N2/c15-8-1-2-12(16)10(7-8)13-9(3-5-20)11(4-6-21-13)14(17,18)19/h1-2,4,6-7H,3H2. The van der Waals surface area contributed by atoms with E-state index in [9.17, 15) is 13.2 Å². The highest BCUT2D eigenvalue weighted by atomic mass is 35.5. The summed E-state index contributed by atoms with van der Waals surface area (Å²) in [7, 11) is 0. The van der Waals surface area contributed by atoms with E-state index in [1.807, 2.05) is 0 Å². The highest BCUT2D eigenvalue weighted by molar-refractivity contribution is 6.35. The topological polar surface area (TPSA) is 36.7 Å². The highest BCUT2D eigenvalue weighted by Gasteiger charge is 2.34. The largest absolute Gasteiger partial charge is 0.416 e. The van der Waals surface area contributed by atoms with E-state index in [4.69, 9.17) is 28.5 Å². The number of nitriles is 1. The lowest BCUT2D eigenvalue weighted by Crippen LogP contribution is -2.11. The van der Waals surface area contributed by atoms with E-state index in [0.29, 0.717) is 5.02 Å². The van der Waals surface area contributed by atoms with Crippen LogP contribution in [0.15, 0.2) is 30.5 Å². The maximum atomic E-state index is 13.1. The molecule has 0 amide bonds. The molecule has 21 heavy (non-hydrogen) atoms. The molecule has 0 saturated heterocycles. The Labute approximate surface area is 128 Å². The normalized spacial score (nSPS) is 11.2. The van der Waals surface area contributed by atoms with Crippen LogP contribution in [0.2, 0.25) is 10.0 Å². The zero-order valence-corrected chi connectivity index (χ0v) is 11.9. The van der Waals surface area contributed by atoms with Crippen LogP contribution in [0.3, 0.4) is 0 Å². The Bertz CT molecular complexity index is 721. The molecule has 0 radical (unpaired) electrons. The van der Waals surface area contributed by atoms with Gasteiger partial charge < -0.3 is 0 Å². The van der Waals surface area contributed by atoms with Gasteiger partial charge in [0.15, 0.2) is 0 Å². The van der Waals surface area contributed by atoms with Crippen LogP contribution in [0.5, 0.6) is 0 Å². The molecule has 0 bridgehead atoms. The van der Waals surface area contributed by atoms with Gasteiger partial charge in [-0.2, -0.15) is 18.4 Å². The third-order valence-corrected chi connectivity index (χ3v) is 3.37. The SMILES string of the molecule is N#CCc1c(C(F)(F)F)ccnc1-c1cc(Cl)ccc1Cl. The van der Waals surface area contributed by atoms with Gasteiger partial charge in [0.25, 0.3) is 0 Å². The summed E-state index contributed by atoms with van der Waals surface area (Å²) in [5, 5.41) is 9.33. The fourth-order valence-corrected chi connectivity index (χ4v) is 2.31. The molecule has 0 fully saturated rings. The molecule has 0 atom stereocenters. The minimum atomic E-state index is -4.57. The number of alkyl halides is 3. The number of hydrogen-bond acceptors (Lipinski definition) is 2. The predicted octanol–water partition coefficient (Wildman–Crippen LogP) is 5.14. The fraction of sp³-hybridized carbons (Fsp3) is 0.143. The van der Waals surface area contributed by atoms with Crippen LogP contribution in [0.4, 0.5) is 13.2 Å². The van der Waals surface area contributed by atoms with Crippen LogP contribution in [0, 0.1) is 11.3 Å². The summed E-state index contributed by atoms with van der Waals surface area (Å²) in [6, 6.07) is 6.98. The Hall–Kier alpha value is -1.77. The van der Waals surface area contributed by atoms with E-state index in [1.54, 1.807) is 6.07 Å². The summed E-state index contributed by atoms with van der Waals surface area (Å²) < 4.78 is 39.2. The molecule has 0 aliphatic carbocycles. The number of benzene rings is 1. The molecular weight excluding hydrogens is 324 g/mol. The van der Waals surface area contributed by atoms with Gasteiger partial charge in [-0.05, 0) is 24.3 Å². The molecule has 2 rings (SSSR count). The molecule has 1 aromatic heterocycles. The van der Waals surface area contributed by atoms with Gasteiger partial charge in [-0.1, -0.05) is 23.2 Å². The Balaban J connectivity index is 2.75. The van der Waals surface area contributed by atoms with E-state index in [1.165, 1.54) is 18.2 Å². The Kier molecular flexibility index (Phi) is 4.40. The average molecular weight is 331 g/mol. The van der Waals surface area contributed by atoms with Gasteiger partial charge in [0.05, 0.1) is 28.8 Å². The summed E-state index contributed by atoms with van der Waals surface area (Å²) in [6.07, 6.45) is -3.97. The summed E-state index contributed by atoms with van der Waals surface area (Å²) in [5.74, 6) is 0. The Morgan fingerprint density at radius 2 is 1.90 bits per heavy atom. The number of halogens is 5. The van der Waals surface area contributed by atoms with Gasteiger partial charge in [-0.15, -0.1) is 0 Å². The quantitative estimate of drug-likeness (QED) is 0.764. The van der Waals surface area contributed by atoms with Gasteiger partial charge >= 0.3 is 6.18 Å². The molecule has 0 unspecified atom stereocenters. The minimum Gasteiger partial charge on any atom is -0.256 e. The molecule has 0 aliphatic rings. The molecular formula is C14H7Cl2F3N2. The van der Waals surface area contributed by atoms with E-state index in [-0.39, 0.29) is 21.8 Å². The molecule has 0 saturated carbocycles. The maximum Gasteiger partial charge on any atom is 0.416 e. The average Bonchev–Trinajstić information content (AvgIpc) is 2.41. The molecule has 1 heterocycles. The van der Waals surface area contributed by atoms with Crippen molar-refractivity contribution in [3.8, 4) is 17.3 Å². The third kappa shape index (κ3) is 3.29. The van der Waals surface area contributed by atoms with Crippen LogP contribution >= 0.6 is 23.2 Å². The molecule has 7 heteroatoms. The van der Waals surface area contributed by atoms with Crippen LogP contribution < -0.4 is 0 Å². The van der Waals surface area contributed by atoms with Gasteiger partial charge in [0.1, 0.15) is 0 Å². The second-order valence-corrected chi connectivity index (χ2v) is 4.99. The van der Waals surface area contributed by atoms with Crippen LogP contribution in [-0.2, 0) is 12.6 Å². The van der Waals surface area contributed by atoms with E-state index in [2.05, 4.69) is 4.98 Å². The maximum absolute atomic E-state index is 13.1.